The highest BCUT2D eigenvalue weighted by Gasteiger charge is 2.43. The first-order valence-electron chi connectivity index (χ1n) is 9.59. The van der Waals surface area contributed by atoms with Crippen molar-refractivity contribution < 1.29 is 4.79 Å². The van der Waals surface area contributed by atoms with Crippen molar-refractivity contribution >= 4 is 11.9 Å². The van der Waals surface area contributed by atoms with Crippen LogP contribution in [0.3, 0.4) is 0 Å². The van der Waals surface area contributed by atoms with E-state index in [1.165, 1.54) is 0 Å². The van der Waals surface area contributed by atoms with Gasteiger partial charge >= 0.3 is 0 Å². The van der Waals surface area contributed by atoms with Gasteiger partial charge in [0.2, 0.25) is 5.96 Å². The second kappa shape index (κ2) is 8.09. The molecule has 140 valence electrons. The summed E-state index contributed by atoms with van der Waals surface area (Å²) in [6.45, 7) is 2.58. The van der Waals surface area contributed by atoms with E-state index in [0.717, 1.165) is 11.1 Å². The van der Waals surface area contributed by atoms with Crippen LogP contribution in [-0.4, -0.2) is 23.3 Å². The number of nitrogens with zero attached hydrogens (tertiary/aromatic N) is 2. The van der Waals surface area contributed by atoms with E-state index in [-0.39, 0.29) is 18.0 Å². The zero-order chi connectivity index (χ0) is 19.3. The minimum atomic E-state index is -0.179. The lowest BCUT2D eigenvalue weighted by atomic mass is 9.93. The summed E-state index contributed by atoms with van der Waals surface area (Å²) in [7, 11) is 0. The summed E-state index contributed by atoms with van der Waals surface area (Å²) >= 11 is 0. The monoisotopic (exact) mass is 369 g/mol. The molecule has 0 aromatic heterocycles. The Morgan fingerprint density at radius 3 is 1.96 bits per heavy atom. The Morgan fingerprint density at radius 1 is 0.857 bits per heavy atom. The Hall–Kier alpha value is -3.40. The average molecular weight is 369 g/mol. The first kappa shape index (κ1) is 18.0. The van der Waals surface area contributed by atoms with Crippen LogP contribution in [-0.2, 0) is 0 Å². The lowest BCUT2D eigenvalue weighted by molar-refractivity contribution is 0.0808. The fourth-order valence-corrected chi connectivity index (χ4v) is 3.70. The smallest absolute Gasteiger partial charge is 0.261 e. The van der Waals surface area contributed by atoms with Crippen molar-refractivity contribution in [2.45, 2.75) is 19.0 Å². The highest BCUT2D eigenvalue weighted by Crippen LogP contribution is 2.39. The zero-order valence-corrected chi connectivity index (χ0v) is 15.8. The lowest BCUT2D eigenvalue weighted by Crippen LogP contribution is -2.37. The quantitative estimate of drug-likeness (QED) is 0.731. The standard InChI is InChI=1S/C24H23N3O/c1-2-25-24-26-21(18-12-6-3-7-13-18)22(19-14-8-4-9-15-19)27(24)23(28)20-16-10-5-11-17-20/h3-17,21-22H,2H2,1H3,(H,25,26)/t21-,22-/m0/s1. The second-order valence-electron chi connectivity index (χ2n) is 6.73. The number of nitrogens with one attached hydrogen (secondary N) is 1. The molecule has 0 spiro atoms. The third kappa shape index (κ3) is 3.41. The molecule has 3 aromatic carbocycles. The second-order valence-corrected chi connectivity index (χ2v) is 6.73. The van der Waals surface area contributed by atoms with E-state index >= 15 is 0 Å². The Balaban J connectivity index is 1.84. The molecule has 1 aliphatic rings. The molecule has 0 aliphatic carbocycles. The molecule has 1 N–H and O–H groups in total. The van der Waals surface area contributed by atoms with Gasteiger partial charge in [-0.15, -0.1) is 0 Å². The minimum absolute atomic E-state index is 0.0485. The van der Waals surface area contributed by atoms with E-state index in [0.29, 0.717) is 18.1 Å². The number of aliphatic imine (C=N–C) groups is 1. The minimum Gasteiger partial charge on any atom is -0.347 e. The van der Waals surface area contributed by atoms with E-state index < -0.39 is 0 Å². The predicted octanol–water partition coefficient (Wildman–Crippen LogP) is 4.59. The summed E-state index contributed by atoms with van der Waals surface area (Å²) in [4.78, 5) is 19.9. The Labute approximate surface area is 165 Å². The van der Waals surface area contributed by atoms with Crippen molar-refractivity contribution in [2.24, 2.45) is 4.99 Å². The van der Waals surface area contributed by atoms with Gasteiger partial charge in [0.1, 0.15) is 0 Å². The van der Waals surface area contributed by atoms with Crippen molar-refractivity contribution in [1.82, 2.24) is 10.2 Å². The molecule has 1 fully saturated rings. The van der Waals surface area contributed by atoms with Gasteiger partial charge in [0.05, 0.1) is 12.1 Å². The maximum atomic E-state index is 13.5. The number of benzene rings is 3. The maximum Gasteiger partial charge on any atom is 0.261 e. The molecular weight excluding hydrogens is 346 g/mol. The Bertz CT molecular complexity index is 955. The van der Waals surface area contributed by atoms with Crippen LogP contribution in [0, 0.1) is 0 Å². The zero-order valence-electron chi connectivity index (χ0n) is 15.8. The number of carbonyl (C=O) groups excluding carboxylic acids is 1. The SMILES string of the molecule is CCN=C1N[C@@H](c2ccccc2)[C@H](c2ccccc2)N1C(=O)c1ccccc1. The summed E-state index contributed by atoms with van der Waals surface area (Å²) in [5, 5.41) is 3.51. The molecule has 1 aliphatic heterocycles. The van der Waals surface area contributed by atoms with Gasteiger partial charge in [-0.1, -0.05) is 78.9 Å². The van der Waals surface area contributed by atoms with Crippen LogP contribution < -0.4 is 5.32 Å². The van der Waals surface area contributed by atoms with Gasteiger partial charge in [-0.25, -0.2) is 0 Å². The first-order valence-corrected chi connectivity index (χ1v) is 9.59. The fourth-order valence-electron chi connectivity index (χ4n) is 3.70. The molecule has 28 heavy (non-hydrogen) atoms. The number of rotatable bonds is 4. The molecule has 0 saturated carbocycles. The van der Waals surface area contributed by atoms with Crippen molar-refractivity contribution in [2.75, 3.05) is 6.54 Å². The van der Waals surface area contributed by atoms with Gasteiger partial charge in [0.15, 0.2) is 0 Å². The van der Waals surface area contributed by atoms with Crippen LogP contribution in [0.15, 0.2) is 96.0 Å². The number of guanidine groups is 1. The molecule has 0 unspecified atom stereocenters. The molecule has 4 rings (SSSR count). The third-order valence-corrected chi connectivity index (χ3v) is 4.95. The van der Waals surface area contributed by atoms with Gasteiger partial charge in [0, 0.05) is 12.1 Å². The van der Waals surface area contributed by atoms with Crippen LogP contribution in [0.5, 0.6) is 0 Å². The Morgan fingerprint density at radius 2 is 1.39 bits per heavy atom. The molecule has 1 amide bonds. The van der Waals surface area contributed by atoms with Gasteiger partial charge in [0.25, 0.3) is 5.91 Å². The third-order valence-electron chi connectivity index (χ3n) is 4.95. The van der Waals surface area contributed by atoms with Crippen molar-refractivity contribution in [3.63, 3.8) is 0 Å². The van der Waals surface area contributed by atoms with Crippen LogP contribution in [0.2, 0.25) is 0 Å². The molecule has 4 nitrogen and oxygen atoms in total. The molecule has 1 heterocycles. The topological polar surface area (TPSA) is 44.7 Å². The summed E-state index contributed by atoms with van der Waals surface area (Å²) in [6, 6.07) is 29.5. The highest BCUT2D eigenvalue weighted by molar-refractivity contribution is 6.07. The largest absolute Gasteiger partial charge is 0.347 e. The molecular formula is C24H23N3O. The summed E-state index contributed by atoms with van der Waals surface area (Å²) in [5.74, 6) is 0.576. The number of hydrogen-bond donors (Lipinski definition) is 1. The van der Waals surface area contributed by atoms with Crippen LogP contribution in [0.25, 0.3) is 0 Å². The van der Waals surface area contributed by atoms with Crippen molar-refractivity contribution in [3.05, 3.63) is 108 Å². The van der Waals surface area contributed by atoms with E-state index in [4.69, 9.17) is 0 Å². The average Bonchev–Trinajstić information content (AvgIpc) is 3.14. The van der Waals surface area contributed by atoms with E-state index in [2.05, 4.69) is 34.6 Å². The van der Waals surface area contributed by atoms with E-state index in [1.54, 1.807) is 0 Å². The van der Waals surface area contributed by atoms with E-state index in [9.17, 15) is 4.79 Å². The van der Waals surface area contributed by atoms with Crippen LogP contribution in [0.4, 0.5) is 0 Å². The van der Waals surface area contributed by atoms with E-state index in [1.807, 2.05) is 78.6 Å². The number of carbonyl (C=O) groups is 1. The highest BCUT2D eigenvalue weighted by atomic mass is 16.2. The molecule has 1 saturated heterocycles. The van der Waals surface area contributed by atoms with Gasteiger partial charge < -0.3 is 5.32 Å². The van der Waals surface area contributed by atoms with Gasteiger partial charge in [-0.05, 0) is 30.2 Å². The van der Waals surface area contributed by atoms with Crippen LogP contribution in [0.1, 0.15) is 40.5 Å². The molecule has 3 aromatic rings. The van der Waals surface area contributed by atoms with Gasteiger partial charge in [-0.2, -0.15) is 0 Å². The predicted molar refractivity (Wildman–Crippen MR) is 112 cm³/mol. The van der Waals surface area contributed by atoms with Crippen LogP contribution >= 0.6 is 0 Å². The Kier molecular flexibility index (Phi) is 5.20. The number of amides is 1. The molecule has 4 heteroatoms. The van der Waals surface area contributed by atoms with Crippen molar-refractivity contribution in [1.29, 1.82) is 0 Å². The molecule has 2 atom stereocenters. The van der Waals surface area contributed by atoms with Crippen molar-refractivity contribution in [3.8, 4) is 0 Å². The summed E-state index contributed by atoms with van der Waals surface area (Å²) in [6.07, 6.45) is 0. The maximum absolute atomic E-state index is 13.5. The van der Waals surface area contributed by atoms with Gasteiger partial charge in [-0.3, -0.25) is 14.7 Å². The lowest BCUT2D eigenvalue weighted by Gasteiger charge is -2.27. The molecule has 0 bridgehead atoms. The molecule has 0 radical (unpaired) electrons. The summed E-state index contributed by atoms with van der Waals surface area (Å²) in [5.41, 5.74) is 2.86. The normalized spacial score (nSPS) is 20.2. The first-order chi connectivity index (χ1) is 13.8. The summed E-state index contributed by atoms with van der Waals surface area (Å²) < 4.78 is 0. The fraction of sp³-hybridized carbons (Fsp3) is 0.167. The number of hydrogen-bond acceptors (Lipinski definition) is 2.